The topological polar surface area (TPSA) is 81.8 Å². The van der Waals surface area contributed by atoms with E-state index in [0.29, 0.717) is 37.1 Å². The monoisotopic (exact) mass is 381 g/mol. The first kappa shape index (κ1) is 19.8. The van der Waals surface area contributed by atoms with E-state index in [2.05, 4.69) is 15.4 Å². The zero-order chi connectivity index (χ0) is 20.3. The molecule has 0 radical (unpaired) electrons. The van der Waals surface area contributed by atoms with Crippen molar-refractivity contribution in [3.8, 4) is 0 Å². The van der Waals surface area contributed by atoms with Gasteiger partial charge in [-0.3, -0.25) is 14.2 Å². The van der Waals surface area contributed by atoms with Crippen LogP contribution in [0.25, 0.3) is 11.0 Å². The minimum Gasteiger partial charge on any atom is -0.354 e. The van der Waals surface area contributed by atoms with Gasteiger partial charge in [0, 0.05) is 13.0 Å². The normalized spacial score (nSPS) is 11.7. The van der Waals surface area contributed by atoms with Gasteiger partial charge in [0.15, 0.2) is 5.65 Å². The minimum absolute atomic E-state index is 0.0116. The number of aromatic nitrogens is 4. The van der Waals surface area contributed by atoms with Crippen molar-refractivity contribution < 1.29 is 4.79 Å². The number of fused-ring (bicyclic) bond motifs is 1. The molecule has 1 N–H and O–H groups in total. The third-order valence-electron chi connectivity index (χ3n) is 4.56. The van der Waals surface area contributed by atoms with E-state index in [1.807, 2.05) is 52.0 Å². The van der Waals surface area contributed by atoms with Gasteiger partial charge in [-0.05, 0) is 23.5 Å². The Morgan fingerprint density at radius 3 is 2.68 bits per heavy atom. The van der Waals surface area contributed by atoms with E-state index in [-0.39, 0.29) is 16.9 Å². The van der Waals surface area contributed by atoms with Gasteiger partial charge in [-0.15, -0.1) is 0 Å². The molecule has 0 saturated heterocycles. The van der Waals surface area contributed by atoms with Crippen molar-refractivity contribution in [2.45, 2.75) is 47.2 Å². The second-order valence-electron chi connectivity index (χ2n) is 8.30. The second-order valence-corrected chi connectivity index (χ2v) is 8.30. The van der Waals surface area contributed by atoms with Gasteiger partial charge in [-0.2, -0.15) is 5.10 Å². The van der Waals surface area contributed by atoms with Crippen molar-refractivity contribution in [2.24, 2.45) is 5.41 Å². The van der Waals surface area contributed by atoms with Gasteiger partial charge in [-0.25, -0.2) is 9.67 Å². The summed E-state index contributed by atoms with van der Waals surface area (Å²) in [5, 5.41) is 7.66. The summed E-state index contributed by atoms with van der Waals surface area (Å²) in [7, 11) is 0. The molecule has 0 aliphatic rings. The molecule has 2 aromatic heterocycles. The molecule has 0 bridgehead atoms. The molecule has 7 heteroatoms. The van der Waals surface area contributed by atoms with Crippen LogP contribution in [0.2, 0.25) is 0 Å². The maximum absolute atomic E-state index is 12.8. The molecule has 0 atom stereocenters. The number of benzene rings is 1. The highest BCUT2D eigenvalue weighted by Gasteiger charge is 2.16. The molecule has 0 saturated carbocycles. The Balaban J connectivity index is 1.72. The minimum atomic E-state index is -0.115. The highest BCUT2D eigenvalue weighted by Crippen LogP contribution is 2.17. The van der Waals surface area contributed by atoms with Crippen LogP contribution in [0.3, 0.4) is 0 Å². The standard InChI is InChI=1S/C21H27N5O2/c1-15-7-5-6-8-16(15)13-25-14-23-19-17(20(25)28)12-24-26(19)10-9-22-18(27)11-21(2,3)4/h5-8,12,14H,9-11,13H2,1-4H3,(H,22,27). The number of amides is 1. The number of hydrogen-bond acceptors (Lipinski definition) is 4. The Morgan fingerprint density at radius 2 is 1.96 bits per heavy atom. The zero-order valence-electron chi connectivity index (χ0n) is 16.9. The molecule has 3 aromatic rings. The van der Waals surface area contributed by atoms with Crippen LogP contribution in [-0.2, 0) is 17.9 Å². The second kappa shape index (κ2) is 7.96. The van der Waals surface area contributed by atoms with E-state index < -0.39 is 0 Å². The van der Waals surface area contributed by atoms with Crippen LogP contribution in [0.15, 0.2) is 41.6 Å². The SMILES string of the molecule is Cc1ccccc1Cn1cnc2c(cnn2CCNC(=O)CC(C)(C)C)c1=O. The first-order chi connectivity index (χ1) is 13.2. The van der Waals surface area contributed by atoms with Gasteiger partial charge in [0.05, 0.1) is 19.3 Å². The van der Waals surface area contributed by atoms with Gasteiger partial charge in [-0.1, -0.05) is 45.0 Å². The van der Waals surface area contributed by atoms with Crippen LogP contribution in [0.1, 0.15) is 38.3 Å². The molecular formula is C21H27N5O2. The Kier molecular flexibility index (Phi) is 5.63. The van der Waals surface area contributed by atoms with Crippen molar-refractivity contribution >= 4 is 16.9 Å². The largest absolute Gasteiger partial charge is 0.354 e. The van der Waals surface area contributed by atoms with Crippen molar-refractivity contribution in [2.75, 3.05) is 6.54 Å². The lowest BCUT2D eigenvalue weighted by molar-refractivity contribution is -0.122. The lowest BCUT2D eigenvalue weighted by Gasteiger charge is -2.17. The number of nitrogens with zero attached hydrogens (tertiary/aromatic N) is 4. The molecule has 1 aromatic carbocycles. The fraction of sp³-hybridized carbons (Fsp3) is 0.429. The van der Waals surface area contributed by atoms with Crippen molar-refractivity contribution in [1.82, 2.24) is 24.6 Å². The average molecular weight is 381 g/mol. The number of hydrogen-bond donors (Lipinski definition) is 1. The number of carbonyl (C=O) groups excluding carboxylic acids is 1. The van der Waals surface area contributed by atoms with E-state index in [0.717, 1.165) is 11.1 Å². The number of nitrogens with one attached hydrogen (secondary N) is 1. The number of carbonyl (C=O) groups is 1. The maximum Gasteiger partial charge on any atom is 0.264 e. The number of aryl methyl sites for hydroxylation is 1. The highest BCUT2D eigenvalue weighted by atomic mass is 16.1. The third kappa shape index (κ3) is 4.65. The predicted octanol–water partition coefficient (Wildman–Crippen LogP) is 2.50. The van der Waals surface area contributed by atoms with Gasteiger partial charge in [0.2, 0.25) is 5.91 Å². The van der Waals surface area contributed by atoms with Crippen LogP contribution in [0.5, 0.6) is 0 Å². The fourth-order valence-electron chi connectivity index (χ4n) is 3.09. The smallest absolute Gasteiger partial charge is 0.264 e. The highest BCUT2D eigenvalue weighted by molar-refractivity contribution is 5.76. The van der Waals surface area contributed by atoms with Crippen molar-refractivity contribution in [3.63, 3.8) is 0 Å². The van der Waals surface area contributed by atoms with Crippen molar-refractivity contribution in [1.29, 1.82) is 0 Å². The van der Waals surface area contributed by atoms with Crippen LogP contribution in [0, 0.1) is 12.3 Å². The van der Waals surface area contributed by atoms with E-state index in [1.54, 1.807) is 21.8 Å². The summed E-state index contributed by atoms with van der Waals surface area (Å²) in [6.45, 7) is 9.49. The molecule has 0 unspecified atom stereocenters. The summed E-state index contributed by atoms with van der Waals surface area (Å²) in [5.74, 6) is 0.0116. The molecule has 0 fully saturated rings. The molecule has 0 aliphatic heterocycles. The lowest BCUT2D eigenvalue weighted by atomic mass is 9.92. The first-order valence-corrected chi connectivity index (χ1v) is 9.47. The van der Waals surface area contributed by atoms with Crippen LogP contribution in [-0.4, -0.2) is 31.8 Å². The van der Waals surface area contributed by atoms with Crippen LogP contribution < -0.4 is 10.9 Å². The lowest BCUT2D eigenvalue weighted by Crippen LogP contribution is -2.30. The molecule has 148 valence electrons. The van der Waals surface area contributed by atoms with Gasteiger partial charge in [0.1, 0.15) is 11.7 Å². The average Bonchev–Trinajstić information content (AvgIpc) is 3.01. The van der Waals surface area contributed by atoms with Gasteiger partial charge in [0.25, 0.3) is 5.56 Å². The predicted molar refractivity (Wildman–Crippen MR) is 109 cm³/mol. The summed E-state index contributed by atoms with van der Waals surface area (Å²) in [4.78, 5) is 29.2. The quantitative estimate of drug-likeness (QED) is 0.711. The molecule has 2 heterocycles. The van der Waals surface area contributed by atoms with E-state index in [4.69, 9.17) is 0 Å². The summed E-state index contributed by atoms with van der Waals surface area (Å²) < 4.78 is 3.26. The molecule has 1 amide bonds. The van der Waals surface area contributed by atoms with Crippen LogP contribution in [0.4, 0.5) is 0 Å². The van der Waals surface area contributed by atoms with E-state index in [9.17, 15) is 9.59 Å². The van der Waals surface area contributed by atoms with E-state index in [1.165, 1.54) is 0 Å². The first-order valence-electron chi connectivity index (χ1n) is 9.47. The van der Waals surface area contributed by atoms with Crippen molar-refractivity contribution in [3.05, 3.63) is 58.3 Å². The molecular weight excluding hydrogens is 354 g/mol. The summed E-state index contributed by atoms with van der Waals surface area (Å²) in [6.07, 6.45) is 3.58. The van der Waals surface area contributed by atoms with Crippen LogP contribution >= 0.6 is 0 Å². The van der Waals surface area contributed by atoms with Gasteiger partial charge < -0.3 is 5.32 Å². The molecule has 7 nitrogen and oxygen atoms in total. The number of rotatable bonds is 6. The maximum atomic E-state index is 12.8. The summed E-state index contributed by atoms with van der Waals surface area (Å²) >= 11 is 0. The Morgan fingerprint density at radius 1 is 1.21 bits per heavy atom. The Bertz CT molecular complexity index is 1040. The molecule has 3 rings (SSSR count). The summed E-state index contributed by atoms with van der Waals surface area (Å²) in [6, 6.07) is 7.98. The van der Waals surface area contributed by atoms with Gasteiger partial charge >= 0.3 is 0 Å². The molecule has 28 heavy (non-hydrogen) atoms. The van der Waals surface area contributed by atoms with E-state index >= 15 is 0 Å². The zero-order valence-corrected chi connectivity index (χ0v) is 16.9. The summed E-state index contributed by atoms with van der Waals surface area (Å²) in [5.41, 5.74) is 2.59. The fourth-order valence-corrected chi connectivity index (χ4v) is 3.09. The molecule has 0 spiro atoms. The Labute approximate surface area is 164 Å². The molecule has 0 aliphatic carbocycles. The Hall–Kier alpha value is -2.96. The third-order valence-corrected chi connectivity index (χ3v) is 4.56.